The summed E-state index contributed by atoms with van der Waals surface area (Å²) in [5.74, 6) is -0.665. The number of amides is 2. The normalized spacial score (nSPS) is 31.4. The van der Waals surface area contributed by atoms with Crippen molar-refractivity contribution in [2.75, 3.05) is 19.6 Å². The molecule has 2 unspecified atom stereocenters. The van der Waals surface area contributed by atoms with Crippen molar-refractivity contribution in [2.45, 2.75) is 6.42 Å². The fourth-order valence-electron chi connectivity index (χ4n) is 2.11. The molecule has 2 aliphatic heterocycles. The summed E-state index contributed by atoms with van der Waals surface area (Å²) in [7, 11) is 0. The molecule has 0 radical (unpaired) electrons. The summed E-state index contributed by atoms with van der Waals surface area (Å²) >= 11 is 0. The van der Waals surface area contributed by atoms with Crippen molar-refractivity contribution in [3.63, 3.8) is 0 Å². The minimum atomic E-state index is -0.179. The van der Waals surface area contributed by atoms with Gasteiger partial charge in [0.15, 0.2) is 0 Å². The number of nitriles is 1. The molecule has 2 rings (SSSR count). The standard InChI is InChI=1S/C9H11N3O2/c10-2-1-3-12-4-6-7(5-12)9(14)11-8(6)13/h6-7H,1,3-5H2,(H,11,13,14). The molecule has 5 nitrogen and oxygen atoms in total. The van der Waals surface area contributed by atoms with Crippen LogP contribution in [0.3, 0.4) is 0 Å². The van der Waals surface area contributed by atoms with Crippen molar-refractivity contribution in [2.24, 2.45) is 11.8 Å². The van der Waals surface area contributed by atoms with Crippen LogP contribution in [-0.2, 0) is 9.59 Å². The molecule has 2 heterocycles. The number of imide groups is 1. The first-order chi connectivity index (χ1) is 6.72. The number of rotatable bonds is 2. The number of nitrogens with zero attached hydrogens (tertiary/aromatic N) is 2. The van der Waals surface area contributed by atoms with Gasteiger partial charge in [-0.15, -0.1) is 0 Å². The van der Waals surface area contributed by atoms with Gasteiger partial charge in [-0.25, -0.2) is 0 Å². The molecule has 74 valence electrons. The van der Waals surface area contributed by atoms with Crippen LogP contribution in [0.15, 0.2) is 0 Å². The van der Waals surface area contributed by atoms with Crippen molar-refractivity contribution >= 4 is 11.8 Å². The largest absolute Gasteiger partial charge is 0.301 e. The monoisotopic (exact) mass is 193 g/mol. The van der Waals surface area contributed by atoms with Crippen LogP contribution in [0.5, 0.6) is 0 Å². The van der Waals surface area contributed by atoms with Crippen LogP contribution in [0.4, 0.5) is 0 Å². The summed E-state index contributed by atoms with van der Waals surface area (Å²) in [6, 6.07) is 2.06. The predicted octanol–water partition coefficient (Wildman–Crippen LogP) is -0.896. The zero-order chi connectivity index (χ0) is 10.1. The maximum absolute atomic E-state index is 11.3. The molecular weight excluding hydrogens is 182 g/mol. The number of likely N-dealkylation sites (tertiary alicyclic amines) is 1. The lowest BCUT2D eigenvalue weighted by Gasteiger charge is -2.13. The molecule has 0 aromatic heterocycles. The molecule has 0 aromatic rings. The second-order valence-corrected chi connectivity index (χ2v) is 3.73. The lowest BCUT2D eigenvalue weighted by Crippen LogP contribution is -2.31. The molecule has 0 saturated carbocycles. The Hall–Kier alpha value is -1.41. The number of fused-ring (bicyclic) bond motifs is 1. The molecule has 0 aliphatic carbocycles. The van der Waals surface area contributed by atoms with Gasteiger partial charge in [0.1, 0.15) is 0 Å². The first-order valence-corrected chi connectivity index (χ1v) is 4.66. The van der Waals surface area contributed by atoms with E-state index < -0.39 is 0 Å². The van der Waals surface area contributed by atoms with E-state index >= 15 is 0 Å². The van der Waals surface area contributed by atoms with Crippen molar-refractivity contribution in [1.29, 1.82) is 5.26 Å². The Bertz CT molecular complexity index is 299. The van der Waals surface area contributed by atoms with E-state index in [1.54, 1.807) is 0 Å². The summed E-state index contributed by atoms with van der Waals surface area (Å²) in [6.07, 6.45) is 0.454. The Morgan fingerprint density at radius 2 is 1.93 bits per heavy atom. The fourth-order valence-corrected chi connectivity index (χ4v) is 2.11. The van der Waals surface area contributed by atoms with E-state index in [0.29, 0.717) is 26.1 Å². The van der Waals surface area contributed by atoms with Gasteiger partial charge in [-0.1, -0.05) is 0 Å². The van der Waals surface area contributed by atoms with Crippen molar-refractivity contribution in [3.05, 3.63) is 0 Å². The molecule has 0 spiro atoms. The van der Waals surface area contributed by atoms with E-state index in [4.69, 9.17) is 5.26 Å². The van der Waals surface area contributed by atoms with Gasteiger partial charge in [-0.3, -0.25) is 14.9 Å². The number of hydrogen-bond acceptors (Lipinski definition) is 4. The maximum Gasteiger partial charge on any atom is 0.231 e. The Balaban J connectivity index is 1.98. The van der Waals surface area contributed by atoms with Crippen LogP contribution >= 0.6 is 0 Å². The van der Waals surface area contributed by atoms with E-state index in [0.717, 1.165) is 0 Å². The predicted molar refractivity (Wildman–Crippen MR) is 46.8 cm³/mol. The van der Waals surface area contributed by atoms with Gasteiger partial charge >= 0.3 is 0 Å². The van der Waals surface area contributed by atoms with Crippen LogP contribution in [-0.4, -0.2) is 36.3 Å². The van der Waals surface area contributed by atoms with E-state index in [2.05, 4.69) is 11.4 Å². The van der Waals surface area contributed by atoms with Crippen molar-refractivity contribution < 1.29 is 9.59 Å². The fraction of sp³-hybridized carbons (Fsp3) is 0.667. The van der Waals surface area contributed by atoms with Gasteiger partial charge in [0.25, 0.3) is 0 Å². The Kier molecular flexibility index (Phi) is 2.22. The van der Waals surface area contributed by atoms with Gasteiger partial charge in [0, 0.05) is 26.1 Å². The van der Waals surface area contributed by atoms with E-state index in [9.17, 15) is 9.59 Å². The van der Waals surface area contributed by atoms with Crippen molar-refractivity contribution in [3.8, 4) is 6.07 Å². The molecular formula is C9H11N3O2. The molecule has 0 aromatic carbocycles. The molecule has 2 fully saturated rings. The number of nitrogens with one attached hydrogen (secondary N) is 1. The average molecular weight is 193 g/mol. The first kappa shape index (κ1) is 9.16. The topological polar surface area (TPSA) is 73.2 Å². The molecule has 2 atom stereocenters. The SMILES string of the molecule is N#CCCN1CC2C(=O)NC(=O)C2C1. The first-order valence-electron chi connectivity index (χ1n) is 4.66. The van der Waals surface area contributed by atoms with Gasteiger partial charge in [0.2, 0.25) is 11.8 Å². The van der Waals surface area contributed by atoms with E-state index in [1.165, 1.54) is 0 Å². The molecule has 0 bridgehead atoms. The highest BCUT2D eigenvalue weighted by Gasteiger charge is 2.47. The number of hydrogen-bond donors (Lipinski definition) is 1. The Morgan fingerprint density at radius 1 is 1.36 bits per heavy atom. The molecule has 2 saturated heterocycles. The molecule has 1 N–H and O–H groups in total. The minimum absolute atomic E-state index is 0.153. The lowest BCUT2D eigenvalue weighted by molar-refractivity contribution is -0.126. The zero-order valence-electron chi connectivity index (χ0n) is 7.69. The lowest BCUT2D eigenvalue weighted by atomic mass is 10.00. The summed E-state index contributed by atoms with van der Waals surface area (Å²) in [5, 5.41) is 10.7. The summed E-state index contributed by atoms with van der Waals surface area (Å²) in [6.45, 7) is 1.89. The van der Waals surface area contributed by atoms with Gasteiger partial charge in [-0.05, 0) is 0 Å². The van der Waals surface area contributed by atoms with Crippen molar-refractivity contribution in [1.82, 2.24) is 10.2 Å². The molecule has 2 amide bonds. The second-order valence-electron chi connectivity index (χ2n) is 3.73. The Labute approximate surface area is 81.7 Å². The van der Waals surface area contributed by atoms with Crippen LogP contribution in [0.25, 0.3) is 0 Å². The van der Waals surface area contributed by atoms with Crippen LogP contribution < -0.4 is 5.32 Å². The Morgan fingerprint density at radius 3 is 2.43 bits per heavy atom. The van der Waals surface area contributed by atoms with Crippen LogP contribution in [0, 0.1) is 23.2 Å². The summed E-state index contributed by atoms with van der Waals surface area (Å²) < 4.78 is 0. The van der Waals surface area contributed by atoms with Crippen LogP contribution in [0.2, 0.25) is 0 Å². The summed E-state index contributed by atoms with van der Waals surface area (Å²) in [4.78, 5) is 24.5. The zero-order valence-corrected chi connectivity index (χ0v) is 7.69. The number of carbonyl (C=O) groups is 2. The smallest absolute Gasteiger partial charge is 0.231 e. The highest BCUT2D eigenvalue weighted by atomic mass is 16.2. The quantitative estimate of drug-likeness (QED) is 0.577. The third-order valence-electron chi connectivity index (χ3n) is 2.86. The maximum atomic E-state index is 11.3. The average Bonchev–Trinajstić information content (AvgIpc) is 2.67. The third-order valence-corrected chi connectivity index (χ3v) is 2.86. The third kappa shape index (κ3) is 1.38. The molecule has 14 heavy (non-hydrogen) atoms. The summed E-state index contributed by atoms with van der Waals surface area (Å²) in [5.41, 5.74) is 0. The molecule has 2 aliphatic rings. The van der Waals surface area contributed by atoms with Gasteiger partial charge in [0.05, 0.1) is 17.9 Å². The highest BCUT2D eigenvalue weighted by molar-refractivity contribution is 6.05. The molecule has 5 heteroatoms. The van der Waals surface area contributed by atoms with E-state index in [1.807, 2.05) is 4.90 Å². The van der Waals surface area contributed by atoms with Gasteiger partial charge in [-0.2, -0.15) is 5.26 Å². The van der Waals surface area contributed by atoms with Crippen LogP contribution in [0.1, 0.15) is 6.42 Å². The second kappa shape index (κ2) is 3.39. The van der Waals surface area contributed by atoms with E-state index in [-0.39, 0.29) is 23.7 Å². The van der Waals surface area contributed by atoms with Gasteiger partial charge < -0.3 is 4.90 Å². The minimum Gasteiger partial charge on any atom is -0.301 e. The number of carbonyl (C=O) groups excluding carboxylic acids is 2. The highest BCUT2D eigenvalue weighted by Crippen LogP contribution is 2.27.